The maximum absolute atomic E-state index is 12.1. The topological polar surface area (TPSA) is 77.2 Å². The predicted molar refractivity (Wildman–Crippen MR) is 78.6 cm³/mol. The van der Waals surface area contributed by atoms with Gasteiger partial charge < -0.3 is 15.8 Å². The summed E-state index contributed by atoms with van der Waals surface area (Å²) in [5, 5.41) is 2.92. The minimum Gasteiger partial charge on any atom is -0.384 e. The third kappa shape index (κ3) is 4.20. The lowest BCUT2D eigenvalue weighted by Gasteiger charge is -2.22. The van der Waals surface area contributed by atoms with Gasteiger partial charge in [0.15, 0.2) is 0 Å². The van der Waals surface area contributed by atoms with E-state index in [9.17, 15) is 4.79 Å². The zero-order valence-corrected chi connectivity index (χ0v) is 12.0. The van der Waals surface area contributed by atoms with Gasteiger partial charge in [0, 0.05) is 24.4 Å². The fourth-order valence-corrected chi connectivity index (χ4v) is 2.41. The van der Waals surface area contributed by atoms with Gasteiger partial charge in [0.05, 0.1) is 6.10 Å². The van der Waals surface area contributed by atoms with E-state index in [0.29, 0.717) is 17.9 Å². The quantitative estimate of drug-likeness (QED) is 0.862. The Hall–Kier alpha value is -1.62. The first-order valence-corrected chi connectivity index (χ1v) is 7.35. The van der Waals surface area contributed by atoms with Crippen molar-refractivity contribution in [3.63, 3.8) is 0 Å². The monoisotopic (exact) mass is 277 g/mol. The highest BCUT2D eigenvalue weighted by Gasteiger charge is 2.14. The van der Waals surface area contributed by atoms with E-state index in [1.54, 1.807) is 12.1 Å². The average Bonchev–Trinajstić information content (AvgIpc) is 2.47. The van der Waals surface area contributed by atoms with Crippen molar-refractivity contribution in [3.05, 3.63) is 23.4 Å². The number of hydrogen-bond donors (Lipinski definition) is 2. The molecule has 0 spiro atoms. The van der Waals surface area contributed by atoms with E-state index in [4.69, 9.17) is 10.5 Å². The number of nitrogens with zero attached hydrogens (tertiary/aromatic N) is 1. The Morgan fingerprint density at radius 1 is 1.50 bits per heavy atom. The number of hydrogen-bond acceptors (Lipinski definition) is 4. The molecule has 0 aromatic carbocycles. The molecule has 1 amide bonds. The van der Waals surface area contributed by atoms with Gasteiger partial charge in [0.2, 0.25) is 0 Å². The number of ether oxygens (including phenoxy) is 1. The molecule has 1 aromatic rings. The molecule has 2 rings (SSSR count). The summed E-state index contributed by atoms with van der Waals surface area (Å²) in [5.74, 6) is 0.301. The first-order valence-electron chi connectivity index (χ1n) is 7.35. The number of nitrogen functional groups attached to an aromatic ring is 1. The zero-order chi connectivity index (χ0) is 14.4. The number of aromatic nitrogens is 1. The van der Waals surface area contributed by atoms with E-state index in [2.05, 4.69) is 10.3 Å². The van der Waals surface area contributed by atoms with Gasteiger partial charge in [-0.25, -0.2) is 4.98 Å². The minimum atomic E-state index is -0.0930. The molecular formula is C15H23N3O2. The summed E-state index contributed by atoms with van der Waals surface area (Å²) in [6.07, 6.45) is 5.39. The summed E-state index contributed by atoms with van der Waals surface area (Å²) in [6.45, 7) is 3.47. The van der Waals surface area contributed by atoms with Crippen molar-refractivity contribution in [2.24, 2.45) is 0 Å². The van der Waals surface area contributed by atoms with Crippen molar-refractivity contribution in [1.29, 1.82) is 0 Å². The van der Waals surface area contributed by atoms with E-state index >= 15 is 0 Å². The van der Waals surface area contributed by atoms with Crippen LogP contribution in [0, 0.1) is 0 Å². The lowest BCUT2D eigenvalue weighted by atomic mass is 10.1. The van der Waals surface area contributed by atoms with Crippen LogP contribution in [0.1, 0.15) is 48.7 Å². The second kappa shape index (κ2) is 7.24. The van der Waals surface area contributed by atoms with Crippen LogP contribution in [0.25, 0.3) is 0 Å². The predicted octanol–water partition coefficient (Wildman–Crippen LogP) is 1.92. The molecular weight excluding hydrogens is 254 g/mol. The third-order valence-electron chi connectivity index (χ3n) is 3.55. The van der Waals surface area contributed by atoms with Crippen LogP contribution in [0.4, 0.5) is 5.82 Å². The number of amides is 1. The summed E-state index contributed by atoms with van der Waals surface area (Å²) >= 11 is 0. The second-order valence-corrected chi connectivity index (χ2v) is 5.16. The largest absolute Gasteiger partial charge is 0.384 e. The van der Waals surface area contributed by atoms with Crippen molar-refractivity contribution in [1.82, 2.24) is 10.3 Å². The normalized spacial score (nSPS) is 18.8. The van der Waals surface area contributed by atoms with E-state index < -0.39 is 0 Å². The van der Waals surface area contributed by atoms with E-state index in [-0.39, 0.29) is 12.0 Å². The Morgan fingerprint density at radius 2 is 2.35 bits per heavy atom. The van der Waals surface area contributed by atoms with Crippen LogP contribution < -0.4 is 11.1 Å². The Balaban J connectivity index is 1.83. The standard InChI is InChI=1S/C15H23N3O2/c1-2-12-9-11(10-14(16)18-12)15(19)17-7-6-13-5-3-4-8-20-13/h9-10,13H,2-8H2,1H3,(H2,16,18)(H,17,19). The van der Waals surface area contributed by atoms with Crippen LogP contribution in [0.15, 0.2) is 12.1 Å². The highest BCUT2D eigenvalue weighted by Crippen LogP contribution is 2.15. The molecule has 1 atom stereocenters. The van der Waals surface area contributed by atoms with Crippen LogP contribution in [0.2, 0.25) is 0 Å². The average molecular weight is 277 g/mol. The van der Waals surface area contributed by atoms with Crippen molar-refractivity contribution >= 4 is 11.7 Å². The molecule has 3 N–H and O–H groups in total. The SMILES string of the molecule is CCc1cc(C(=O)NCCC2CCCCO2)cc(N)n1. The fourth-order valence-electron chi connectivity index (χ4n) is 2.41. The van der Waals surface area contributed by atoms with Crippen molar-refractivity contribution in [3.8, 4) is 0 Å². The Kier molecular flexibility index (Phi) is 5.35. The molecule has 1 aromatic heterocycles. The number of nitrogens with two attached hydrogens (primary N) is 1. The first kappa shape index (κ1) is 14.8. The molecule has 2 heterocycles. The molecule has 1 aliphatic rings. The molecule has 110 valence electrons. The van der Waals surface area contributed by atoms with Crippen LogP contribution in [0.5, 0.6) is 0 Å². The molecule has 20 heavy (non-hydrogen) atoms. The molecule has 0 aliphatic carbocycles. The molecule has 5 nitrogen and oxygen atoms in total. The number of carbonyl (C=O) groups is 1. The van der Waals surface area contributed by atoms with Crippen molar-refractivity contribution in [2.75, 3.05) is 18.9 Å². The molecule has 1 fully saturated rings. The van der Waals surface area contributed by atoms with Crippen LogP contribution in [0.3, 0.4) is 0 Å². The third-order valence-corrected chi connectivity index (χ3v) is 3.55. The molecule has 0 bridgehead atoms. The first-order chi connectivity index (χ1) is 9.69. The number of pyridine rings is 1. The second-order valence-electron chi connectivity index (χ2n) is 5.16. The van der Waals surface area contributed by atoms with Crippen LogP contribution in [-0.2, 0) is 11.2 Å². The number of aryl methyl sites for hydroxylation is 1. The summed E-state index contributed by atoms with van der Waals surface area (Å²) in [5.41, 5.74) is 7.13. The lowest BCUT2D eigenvalue weighted by Crippen LogP contribution is -2.29. The number of rotatable bonds is 5. The van der Waals surface area contributed by atoms with Crippen LogP contribution in [-0.4, -0.2) is 30.1 Å². The number of anilines is 1. The van der Waals surface area contributed by atoms with Gasteiger partial charge >= 0.3 is 0 Å². The lowest BCUT2D eigenvalue weighted by molar-refractivity contribution is 0.0117. The molecule has 5 heteroatoms. The van der Waals surface area contributed by atoms with Crippen LogP contribution >= 0.6 is 0 Å². The van der Waals surface area contributed by atoms with Gasteiger partial charge in [0.1, 0.15) is 5.82 Å². The Bertz CT molecular complexity index is 456. The molecule has 1 unspecified atom stereocenters. The minimum absolute atomic E-state index is 0.0930. The summed E-state index contributed by atoms with van der Waals surface area (Å²) < 4.78 is 5.64. The molecule has 1 saturated heterocycles. The smallest absolute Gasteiger partial charge is 0.251 e. The van der Waals surface area contributed by atoms with E-state index in [1.165, 1.54) is 6.42 Å². The van der Waals surface area contributed by atoms with E-state index in [1.807, 2.05) is 6.92 Å². The highest BCUT2D eigenvalue weighted by atomic mass is 16.5. The fraction of sp³-hybridized carbons (Fsp3) is 0.600. The van der Waals surface area contributed by atoms with Gasteiger partial charge in [-0.3, -0.25) is 4.79 Å². The maximum atomic E-state index is 12.1. The van der Waals surface area contributed by atoms with E-state index in [0.717, 1.165) is 38.0 Å². The molecule has 1 aliphatic heterocycles. The van der Waals surface area contributed by atoms with Gasteiger partial charge in [-0.2, -0.15) is 0 Å². The number of nitrogens with one attached hydrogen (secondary N) is 1. The Morgan fingerprint density at radius 3 is 3.05 bits per heavy atom. The molecule has 0 radical (unpaired) electrons. The van der Waals surface area contributed by atoms with Gasteiger partial charge in [-0.1, -0.05) is 6.92 Å². The van der Waals surface area contributed by atoms with Crippen molar-refractivity contribution < 1.29 is 9.53 Å². The van der Waals surface area contributed by atoms with Crippen molar-refractivity contribution in [2.45, 2.75) is 45.1 Å². The summed E-state index contributed by atoms with van der Waals surface area (Å²) in [6, 6.07) is 3.41. The summed E-state index contributed by atoms with van der Waals surface area (Å²) in [4.78, 5) is 16.2. The van der Waals surface area contributed by atoms with Gasteiger partial charge in [-0.15, -0.1) is 0 Å². The summed E-state index contributed by atoms with van der Waals surface area (Å²) in [7, 11) is 0. The maximum Gasteiger partial charge on any atom is 0.251 e. The molecule has 0 saturated carbocycles. The number of carbonyl (C=O) groups excluding carboxylic acids is 1. The zero-order valence-electron chi connectivity index (χ0n) is 12.0. The van der Waals surface area contributed by atoms with Gasteiger partial charge in [0.25, 0.3) is 5.91 Å². The Labute approximate surface area is 119 Å². The highest BCUT2D eigenvalue weighted by molar-refractivity contribution is 5.94. The van der Waals surface area contributed by atoms with Gasteiger partial charge in [-0.05, 0) is 44.2 Å².